The van der Waals surface area contributed by atoms with Gasteiger partial charge in [0.25, 0.3) is 0 Å². The third-order valence-corrected chi connectivity index (χ3v) is 6.44. The fourth-order valence-corrected chi connectivity index (χ4v) is 4.39. The van der Waals surface area contributed by atoms with Crippen LogP contribution in [0.1, 0.15) is 17.4 Å². The number of hydrogen-bond acceptors (Lipinski definition) is 8. The molecule has 8 nitrogen and oxygen atoms in total. The number of halogens is 3. The molecule has 0 spiro atoms. The van der Waals surface area contributed by atoms with E-state index in [1.165, 1.54) is 7.11 Å². The van der Waals surface area contributed by atoms with Gasteiger partial charge in [-0.05, 0) is 5.56 Å². The average molecular weight is 504 g/mol. The second-order valence-corrected chi connectivity index (χ2v) is 9.24. The lowest BCUT2D eigenvalue weighted by Gasteiger charge is -2.48. The maximum atomic E-state index is 13.2. The predicted octanol–water partition coefficient (Wildman–Crippen LogP) is 3.29. The van der Waals surface area contributed by atoms with E-state index in [1.54, 1.807) is 60.7 Å². The van der Waals surface area contributed by atoms with E-state index in [-0.39, 0.29) is 13.2 Å². The summed E-state index contributed by atoms with van der Waals surface area (Å²) in [7, 11) is -4.73. The average Bonchev–Trinajstić information content (AvgIpc) is 2.83. The Bertz CT molecular complexity index is 1030. The van der Waals surface area contributed by atoms with Crippen molar-refractivity contribution in [3.05, 3.63) is 71.8 Å². The predicted molar refractivity (Wildman–Crippen MR) is 111 cm³/mol. The molecule has 0 amide bonds. The molecule has 0 radical (unpaired) electrons. The second kappa shape index (κ2) is 10.3. The first-order valence-electron chi connectivity index (χ1n) is 10.3. The van der Waals surface area contributed by atoms with Gasteiger partial charge in [0.1, 0.15) is 24.4 Å². The second-order valence-electron chi connectivity index (χ2n) is 7.68. The van der Waals surface area contributed by atoms with Crippen LogP contribution in [0, 0.1) is 0 Å². The van der Waals surface area contributed by atoms with E-state index in [4.69, 9.17) is 27.9 Å². The van der Waals surface area contributed by atoms with Crippen LogP contribution in [0.3, 0.4) is 0 Å². The number of hydrogen-bond donors (Lipinski definition) is 0. The maximum Gasteiger partial charge on any atom is 0.523 e. The minimum atomic E-state index is -5.99. The highest BCUT2D eigenvalue weighted by molar-refractivity contribution is 7.87. The van der Waals surface area contributed by atoms with Gasteiger partial charge >= 0.3 is 15.6 Å². The smallest absolute Gasteiger partial charge is 0.365 e. The van der Waals surface area contributed by atoms with Crippen LogP contribution in [0.5, 0.6) is 0 Å². The van der Waals surface area contributed by atoms with Crippen molar-refractivity contribution in [2.24, 2.45) is 0 Å². The third kappa shape index (κ3) is 5.43. The molecule has 1 unspecified atom stereocenters. The van der Waals surface area contributed by atoms with Crippen LogP contribution in [-0.2, 0) is 44.6 Å². The molecule has 2 fully saturated rings. The quantitative estimate of drug-likeness (QED) is 0.419. The zero-order valence-electron chi connectivity index (χ0n) is 18.0. The molecule has 186 valence electrons. The van der Waals surface area contributed by atoms with Crippen molar-refractivity contribution in [2.45, 2.75) is 49.1 Å². The highest BCUT2D eigenvalue weighted by Gasteiger charge is 2.57. The van der Waals surface area contributed by atoms with Crippen LogP contribution < -0.4 is 0 Å². The molecule has 2 aliphatic rings. The monoisotopic (exact) mass is 504 g/mol. The van der Waals surface area contributed by atoms with Crippen molar-refractivity contribution < 1.29 is 49.5 Å². The number of alkyl halides is 3. The first-order chi connectivity index (χ1) is 16.2. The van der Waals surface area contributed by atoms with Crippen molar-refractivity contribution in [1.82, 2.24) is 0 Å². The molecule has 12 heteroatoms. The Kier molecular flexibility index (Phi) is 7.57. The molecular formula is C22H23F3O8S. The molecule has 0 aromatic heterocycles. The zero-order valence-corrected chi connectivity index (χ0v) is 18.8. The molecule has 0 bridgehead atoms. The zero-order chi connectivity index (χ0) is 24.3. The summed E-state index contributed by atoms with van der Waals surface area (Å²) in [6.07, 6.45) is -7.52. The van der Waals surface area contributed by atoms with Crippen molar-refractivity contribution in [2.75, 3.05) is 13.7 Å². The first kappa shape index (κ1) is 25.0. The van der Waals surface area contributed by atoms with Gasteiger partial charge in [0.15, 0.2) is 12.6 Å². The maximum absolute atomic E-state index is 13.2. The molecule has 0 N–H and O–H groups in total. The lowest BCUT2D eigenvalue weighted by Crippen LogP contribution is -2.64. The van der Waals surface area contributed by atoms with E-state index in [1.807, 2.05) is 0 Å². The van der Waals surface area contributed by atoms with Crippen molar-refractivity contribution >= 4 is 10.1 Å². The van der Waals surface area contributed by atoms with Crippen LogP contribution in [0.25, 0.3) is 0 Å². The van der Waals surface area contributed by atoms with Gasteiger partial charge in [0, 0.05) is 12.7 Å². The summed E-state index contributed by atoms with van der Waals surface area (Å²) in [5.74, 6) is 0. The number of methoxy groups -OCH3 is 1. The van der Waals surface area contributed by atoms with Crippen molar-refractivity contribution in [1.29, 1.82) is 0 Å². The van der Waals surface area contributed by atoms with Gasteiger partial charge in [-0.15, -0.1) is 0 Å². The summed E-state index contributed by atoms with van der Waals surface area (Å²) in [6.45, 7) is -0.155. The lowest BCUT2D eigenvalue weighted by molar-refractivity contribution is -0.360. The van der Waals surface area contributed by atoms with Crippen LogP contribution in [0.4, 0.5) is 13.2 Å². The Morgan fingerprint density at radius 2 is 1.62 bits per heavy atom. The number of ether oxygens (including phenoxy) is 5. The van der Waals surface area contributed by atoms with Crippen LogP contribution in [0.15, 0.2) is 60.7 Å². The molecule has 2 aromatic rings. The van der Waals surface area contributed by atoms with Gasteiger partial charge in [-0.1, -0.05) is 60.7 Å². The van der Waals surface area contributed by atoms with Gasteiger partial charge < -0.3 is 23.7 Å². The Labute approximate surface area is 194 Å². The largest absolute Gasteiger partial charge is 0.523 e. The Morgan fingerprint density at radius 3 is 2.24 bits per heavy atom. The molecule has 2 saturated heterocycles. The lowest BCUT2D eigenvalue weighted by atomic mass is 9.97. The normalized spacial score (nSPS) is 30.0. The summed E-state index contributed by atoms with van der Waals surface area (Å²) in [4.78, 5) is 0. The number of fused-ring (bicyclic) bond motifs is 1. The molecule has 6 atom stereocenters. The SMILES string of the molecule is CO[C@H]1O[C@@H]2COC(c3ccccc3)O[C@H]2[C@H](OS(=O)(=O)C(F)(F)F)[C@H]1OCc1ccccc1. The van der Waals surface area contributed by atoms with E-state index in [0.717, 1.165) is 0 Å². The first-order valence-corrected chi connectivity index (χ1v) is 11.8. The Balaban J connectivity index is 1.64. The molecular weight excluding hydrogens is 481 g/mol. The number of rotatable bonds is 7. The standard InChI is InChI=1S/C22H23F3O8S/c1-28-21-19(29-12-14-8-4-2-5-9-14)18(33-34(26,27)22(23,24)25)17-16(31-21)13-30-20(32-17)15-10-6-3-7-11-15/h2-11,16-21H,12-13H2,1H3/t16-,17-,18+,19-,20?,21+/m1/s1. The summed E-state index contributed by atoms with van der Waals surface area (Å²) in [5, 5.41) is 0. The van der Waals surface area contributed by atoms with Crippen LogP contribution in [-0.4, -0.2) is 58.3 Å². The highest BCUT2D eigenvalue weighted by atomic mass is 32.2. The van der Waals surface area contributed by atoms with Crippen molar-refractivity contribution in [3.8, 4) is 0 Å². The van der Waals surface area contributed by atoms with Gasteiger partial charge in [-0.25, -0.2) is 0 Å². The summed E-state index contributed by atoms with van der Waals surface area (Å²) in [5.41, 5.74) is -4.35. The van der Waals surface area contributed by atoms with Gasteiger partial charge in [-0.2, -0.15) is 21.6 Å². The van der Waals surface area contributed by atoms with Crippen LogP contribution >= 0.6 is 0 Å². The van der Waals surface area contributed by atoms with E-state index in [0.29, 0.717) is 11.1 Å². The van der Waals surface area contributed by atoms with Crippen LogP contribution in [0.2, 0.25) is 0 Å². The molecule has 34 heavy (non-hydrogen) atoms. The molecule has 0 aliphatic carbocycles. The third-order valence-electron chi connectivity index (χ3n) is 5.39. The molecule has 0 saturated carbocycles. The fraction of sp³-hybridized carbons (Fsp3) is 0.455. The van der Waals surface area contributed by atoms with E-state index >= 15 is 0 Å². The summed E-state index contributed by atoms with van der Waals surface area (Å²) >= 11 is 0. The minimum absolute atomic E-state index is 0.0589. The summed E-state index contributed by atoms with van der Waals surface area (Å²) in [6, 6.07) is 17.5. The fourth-order valence-electron chi connectivity index (χ4n) is 3.77. The minimum Gasteiger partial charge on any atom is -0.365 e. The van der Waals surface area contributed by atoms with Gasteiger partial charge in [0.05, 0.1) is 13.2 Å². The Morgan fingerprint density at radius 1 is 0.971 bits per heavy atom. The highest BCUT2D eigenvalue weighted by Crippen LogP contribution is 2.39. The molecule has 2 aromatic carbocycles. The molecule has 2 aliphatic heterocycles. The number of benzene rings is 2. The van der Waals surface area contributed by atoms with Crippen molar-refractivity contribution in [3.63, 3.8) is 0 Å². The van der Waals surface area contributed by atoms with Gasteiger partial charge in [-0.3, -0.25) is 4.18 Å². The van der Waals surface area contributed by atoms with E-state index < -0.39 is 52.6 Å². The molecule has 4 rings (SSSR count). The van der Waals surface area contributed by atoms with E-state index in [2.05, 4.69) is 0 Å². The van der Waals surface area contributed by atoms with E-state index in [9.17, 15) is 21.6 Å². The summed E-state index contributed by atoms with van der Waals surface area (Å²) < 4.78 is 96.8. The molecule has 2 heterocycles. The van der Waals surface area contributed by atoms with Gasteiger partial charge in [0.2, 0.25) is 0 Å². The Hall–Kier alpha value is -2.06. The topological polar surface area (TPSA) is 89.5 Å².